The van der Waals surface area contributed by atoms with Crippen molar-refractivity contribution < 1.29 is 9.90 Å². The molecule has 0 spiro atoms. The molecule has 0 unspecified atom stereocenters. The Balaban J connectivity index is 1.70. The second-order valence-electron chi connectivity index (χ2n) is 6.49. The van der Waals surface area contributed by atoms with Crippen LogP contribution in [0.4, 0.5) is 0 Å². The maximum Gasteiger partial charge on any atom is 0.248 e. The van der Waals surface area contributed by atoms with Gasteiger partial charge in [0.1, 0.15) is 5.01 Å². The quantitative estimate of drug-likeness (QED) is 0.873. The Bertz CT molecular complexity index is 699. The molecule has 0 saturated carbocycles. The summed E-state index contributed by atoms with van der Waals surface area (Å²) in [4.78, 5) is 18.3. The molecule has 0 aliphatic carbocycles. The third-order valence-corrected chi connectivity index (χ3v) is 5.64. The van der Waals surface area contributed by atoms with Crippen LogP contribution in [0.5, 0.6) is 0 Å². The third kappa shape index (κ3) is 3.83. The number of amides is 1. The molecule has 1 aliphatic rings. The van der Waals surface area contributed by atoms with E-state index in [9.17, 15) is 9.90 Å². The molecule has 2 atom stereocenters. The van der Waals surface area contributed by atoms with E-state index in [1.54, 1.807) is 23.5 Å². The Morgan fingerprint density at radius 1 is 1.38 bits per heavy atom. The number of piperidine rings is 1. The first-order valence-corrected chi connectivity index (χ1v) is 9.14. The third-order valence-electron chi connectivity index (χ3n) is 4.70. The first-order chi connectivity index (χ1) is 11.6. The number of rotatable bonds is 5. The topological polar surface area (TPSA) is 79.5 Å². The number of aromatic nitrogens is 1. The Labute approximate surface area is 146 Å². The van der Waals surface area contributed by atoms with Gasteiger partial charge in [-0.1, -0.05) is 12.1 Å². The maximum absolute atomic E-state index is 11.1. The Morgan fingerprint density at radius 2 is 2.12 bits per heavy atom. The number of nitrogens with zero attached hydrogens (tertiary/aromatic N) is 2. The highest BCUT2D eigenvalue weighted by atomic mass is 32.1. The average molecular weight is 345 g/mol. The van der Waals surface area contributed by atoms with Gasteiger partial charge in [0.25, 0.3) is 0 Å². The first kappa shape index (κ1) is 17.1. The van der Waals surface area contributed by atoms with Crippen molar-refractivity contribution in [3.05, 3.63) is 40.9 Å². The molecule has 1 saturated heterocycles. The second kappa shape index (κ2) is 7.42. The van der Waals surface area contributed by atoms with Crippen molar-refractivity contribution in [2.75, 3.05) is 13.2 Å². The van der Waals surface area contributed by atoms with E-state index < -0.39 is 5.91 Å². The number of aliphatic hydroxyl groups is 1. The fraction of sp³-hybridized carbons (Fsp3) is 0.444. The van der Waals surface area contributed by atoms with Gasteiger partial charge in [-0.05, 0) is 37.8 Å². The highest BCUT2D eigenvalue weighted by Crippen LogP contribution is 2.27. The fourth-order valence-corrected chi connectivity index (χ4v) is 3.95. The fourth-order valence-electron chi connectivity index (χ4n) is 3.13. The number of primary amides is 1. The molecule has 0 bridgehead atoms. The molecule has 1 aromatic carbocycles. The van der Waals surface area contributed by atoms with Gasteiger partial charge < -0.3 is 10.8 Å². The van der Waals surface area contributed by atoms with Crippen molar-refractivity contribution >= 4 is 17.2 Å². The van der Waals surface area contributed by atoms with Crippen molar-refractivity contribution in [3.8, 4) is 10.6 Å². The molecule has 2 aromatic rings. The molecule has 3 N–H and O–H groups in total. The van der Waals surface area contributed by atoms with Crippen LogP contribution >= 0.6 is 11.3 Å². The summed E-state index contributed by atoms with van der Waals surface area (Å²) >= 11 is 1.61. The number of likely N-dealkylation sites (tertiary alicyclic amines) is 1. The van der Waals surface area contributed by atoms with Crippen molar-refractivity contribution in [3.63, 3.8) is 0 Å². The number of aliphatic hydroxyl groups excluding tert-OH is 1. The van der Waals surface area contributed by atoms with Crippen LogP contribution in [-0.2, 0) is 6.54 Å². The number of hydrogen-bond acceptors (Lipinski definition) is 5. The normalized spacial score (nSPS) is 21.8. The molecule has 1 aliphatic heterocycles. The van der Waals surface area contributed by atoms with Gasteiger partial charge >= 0.3 is 0 Å². The lowest BCUT2D eigenvalue weighted by Crippen LogP contribution is -2.42. The number of hydrogen-bond donors (Lipinski definition) is 2. The molecule has 128 valence electrons. The SMILES string of the molecule is C[C@H]1CC[C@H](CO)CN1Cc1csc(-c2ccc(C(N)=O)cc2)n1. The predicted octanol–water partition coefficient (Wildman–Crippen LogP) is 2.50. The molecule has 1 fully saturated rings. The van der Waals surface area contributed by atoms with Gasteiger partial charge in [0.15, 0.2) is 0 Å². The predicted molar refractivity (Wildman–Crippen MR) is 95.7 cm³/mol. The molecule has 6 heteroatoms. The zero-order valence-corrected chi connectivity index (χ0v) is 14.6. The van der Waals surface area contributed by atoms with Crippen molar-refractivity contribution in [1.29, 1.82) is 0 Å². The molecule has 2 heterocycles. The Hall–Kier alpha value is -1.76. The standard InChI is InChI=1S/C18H23N3O2S/c1-12-2-3-13(10-22)8-21(12)9-16-11-24-18(20-16)15-6-4-14(5-7-15)17(19)23/h4-7,11-13,22H,2-3,8-10H2,1H3,(H2,19,23)/t12-,13-/m0/s1. The van der Waals surface area contributed by atoms with E-state index in [0.717, 1.165) is 42.2 Å². The van der Waals surface area contributed by atoms with E-state index >= 15 is 0 Å². The molecule has 3 rings (SSSR count). The molecule has 1 amide bonds. The maximum atomic E-state index is 11.1. The van der Waals surface area contributed by atoms with E-state index in [1.165, 1.54) is 0 Å². The summed E-state index contributed by atoms with van der Waals surface area (Å²) in [6, 6.07) is 7.75. The van der Waals surface area contributed by atoms with E-state index in [1.807, 2.05) is 12.1 Å². The van der Waals surface area contributed by atoms with Crippen LogP contribution < -0.4 is 5.73 Å². The molecule has 0 radical (unpaired) electrons. The Kier molecular flexibility index (Phi) is 5.28. The summed E-state index contributed by atoms with van der Waals surface area (Å²) in [5, 5.41) is 12.4. The van der Waals surface area contributed by atoms with Crippen LogP contribution in [0.15, 0.2) is 29.6 Å². The average Bonchev–Trinajstić information content (AvgIpc) is 3.05. The van der Waals surface area contributed by atoms with E-state index in [-0.39, 0.29) is 6.61 Å². The van der Waals surface area contributed by atoms with Crippen LogP contribution in [0.25, 0.3) is 10.6 Å². The Morgan fingerprint density at radius 3 is 2.79 bits per heavy atom. The van der Waals surface area contributed by atoms with Gasteiger partial charge in [0.2, 0.25) is 5.91 Å². The highest BCUT2D eigenvalue weighted by Gasteiger charge is 2.25. The summed E-state index contributed by atoms with van der Waals surface area (Å²) in [7, 11) is 0. The number of carbonyl (C=O) groups excluding carboxylic acids is 1. The van der Waals surface area contributed by atoms with Crippen LogP contribution in [-0.4, -0.2) is 40.1 Å². The molecular formula is C18H23N3O2S. The summed E-state index contributed by atoms with van der Waals surface area (Å²) in [6.07, 6.45) is 2.22. The van der Waals surface area contributed by atoms with Gasteiger partial charge in [0, 0.05) is 42.2 Å². The number of benzene rings is 1. The van der Waals surface area contributed by atoms with Crippen molar-refractivity contribution in [1.82, 2.24) is 9.88 Å². The number of thiazole rings is 1. The summed E-state index contributed by atoms with van der Waals surface area (Å²) in [6.45, 7) is 4.24. The largest absolute Gasteiger partial charge is 0.396 e. The van der Waals surface area contributed by atoms with Crippen LogP contribution in [0.3, 0.4) is 0 Å². The summed E-state index contributed by atoms with van der Waals surface area (Å²) < 4.78 is 0. The van der Waals surface area contributed by atoms with Crippen LogP contribution in [0, 0.1) is 5.92 Å². The number of nitrogens with two attached hydrogens (primary N) is 1. The smallest absolute Gasteiger partial charge is 0.248 e. The van der Waals surface area contributed by atoms with Crippen LogP contribution in [0.2, 0.25) is 0 Å². The molecule has 5 nitrogen and oxygen atoms in total. The zero-order chi connectivity index (χ0) is 17.1. The van der Waals surface area contributed by atoms with Crippen LogP contribution in [0.1, 0.15) is 35.8 Å². The van der Waals surface area contributed by atoms with Crippen molar-refractivity contribution in [2.45, 2.75) is 32.4 Å². The van der Waals surface area contributed by atoms with Gasteiger partial charge in [0.05, 0.1) is 5.69 Å². The molecule has 1 aromatic heterocycles. The lowest BCUT2D eigenvalue weighted by atomic mass is 9.94. The molecule has 24 heavy (non-hydrogen) atoms. The summed E-state index contributed by atoms with van der Waals surface area (Å²) in [5.74, 6) is -0.0421. The lowest BCUT2D eigenvalue weighted by molar-refractivity contribution is 0.0763. The van der Waals surface area contributed by atoms with E-state index in [2.05, 4.69) is 17.2 Å². The second-order valence-corrected chi connectivity index (χ2v) is 7.35. The van der Waals surface area contributed by atoms with Gasteiger partial charge in [-0.2, -0.15) is 0 Å². The monoisotopic (exact) mass is 345 g/mol. The minimum Gasteiger partial charge on any atom is -0.396 e. The first-order valence-electron chi connectivity index (χ1n) is 8.26. The lowest BCUT2D eigenvalue weighted by Gasteiger charge is -2.36. The number of carbonyl (C=O) groups is 1. The minimum absolute atomic E-state index is 0.262. The van der Waals surface area contributed by atoms with Gasteiger partial charge in [-0.15, -0.1) is 11.3 Å². The van der Waals surface area contributed by atoms with E-state index in [4.69, 9.17) is 10.7 Å². The van der Waals surface area contributed by atoms with Gasteiger partial charge in [-0.25, -0.2) is 4.98 Å². The zero-order valence-electron chi connectivity index (χ0n) is 13.8. The van der Waals surface area contributed by atoms with Crippen molar-refractivity contribution in [2.24, 2.45) is 11.7 Å². The minimum atomic E-state index is -0.418. The molecular weight excluding hydrogens is 322 g/mol. The van der Waals surface area contributed by atoms with Gasteiger partial charge in [-0.3, -0.25) is 9.69 Å². The summed E-state index contributed by atoms with van der Waals surface area (Å²) in [5.41, 5.74) is 7.83. The van der Waals surface area contributed by atoms with E-state index in [0.29, 0.717) is 17.5 Å². The highest BCUT2D eigenvalue weighted by molar-refractivity contribution is 7.13.